The zero-order valence-corrected chi connectivity index (χ0v) is 10.6. The van der Waals surface area contributed by atoms with Crippen molar-refractivity contribution >= 4 is 5.78 Å². The lowest BCUT2D eigenvalue weighted by atomic mass is 10.00. The average Bonchev–Trinajstić information content (AvgIpc) is 2.29. The van der Waals surface area contributed by atoms with E-state index in [1.54, 1.807) is 6.08 Å². The first kappa shape index (κ1) is 13.3. The van der Waals surface area contributed by atoms with E-state index in [4.69, 9.17) is 4.74 Å². The van der Waals surface area contributed by atoms with Crippen molar-refractivity contribution in [2.75, 3.05) is 6.61 Å². The van der Waals surface area contributed by atoms with Gasteiger partial charge >= 0.3 is 0 Å². The maximum Gasteiger partial charge on any atom is 0.159 e. The smallest absolute Gasteiger partial charge is 0.159 e. The molecular weight excluding hydrogens is 200 g/mol. The predicted octanol–water partition coefficient (Wildman–Crippen LogP) is 3.86. The molecule has 1 rings (SSSR count). The Bertz CT molecular complexity index is 243. The number of unbranched alkanes of at least 4 members (excludes halogenated alkanes) is 1. The summed E-state index contributed by atoms with van der Waals surface area (Å²) in [6.45, 7) is 5.22. The number of allylic oxidation sites excluding steroid dienone is 2. The fourth-order valence-electron chi connectivity index (χ4n) is 2.00. The van der Waals surface area contributed by atoms with Crippen LogP contribution in [0.3, 0.4) is 0 Å². The van der Waals surface area contributed by atoms with Crippen LogP contribution in [0.1, 0.15) is 58.8 Å². The second-order valence-corrected chi connectivity index (χ2v) is 4.66. The molecule has 2 nitrogen and oxygen atoms in total. The van der Waals surface area contributed by atoms with Crippen molar-refractivity contribution < 1.29 is 9.53 Å². The van der Waals surface area contributed by atoms with Crippen molar-refractivity contribution in [1.82, 2.24) is 0 Å². The van der Waals surface area contributed by atoms with E-state index >= 15 is 0 Å². The highest BCUT2D eigenvalue weighted by Crippen LogP contribution is 2.19. The first-order valence-electron chi connectivity index (χ1n) is 6.62. The van der Waals surface area contributed by atoms with Gasteiger partial charge in [-0.2, -0.15) is 0 Å². The van der Waals surface area contributed by atoms with E-state index in [1.165, 1.54) is 25.7 Å². The molecule has 2 heteroatoms. The second kappa shape index (κ2) is 7.48. The minimum absolute atomic E-state index is 0.225. The van der Waals surface area contributed by atoms with Gasteiger partial charge in [-0.05, 0) is 18.8 Å². The molecule has 1 unspecified atom stereocenters. The molecule has 0 fully saturated rings. The Labute approximate surface area is 99.1 Å². The molecule has 0 radical (unpaired) electrons. The molecule has 0 saturated heterocycles. The summed E-state index contributed by atoms with van der Waals surface area (Å²) < 4.78 is 5.74. The molecule has 1 aliphatic rings. The van der Waals surface area contributed by atoms with Gasteiger partial charge in [0, 0.05) is 18.9 Å². The zero-order chi connectivity index (χ0) is 11.8. The molecule has 0 bridgehead atoms. The Morgan fingerprint density at radius 1 is 1.38 bits per heavy atom. The summed E-state index contributed by atoms with van der Waals surface area (Å²) in [5.41, 5.74) is 0. The average molecular weight is 224 g/mol. The van der Waals surface area contributed by atoms with Crippen LogP contribution < -0.4 is 0 Å². The normalized spacial score (nSPS) is 18.1. The Morgan fingerprint density at radius 2 is 2.19 bits per heavy atom. The minimum Gasteiger partial charge on any atom is -0.498 e. The molecule has 1 atom stereocenters. The highest BCUT2D eigenvalue weighted by molar-refractivity contribution is 5.90. The molecule has 1 aliphatic carbocycles. The van der Waals surface area contributed by atoms with Gasteiger partial charge in [0.2, 0.25) is 0 Å². The van der Waals surface area contributed by atoms with Gasteiger partial charge in [-0.1, -0.05) is 33.1 Å². The van der Waals surface area contributed by atoms with Crippen LogP contribution in [-0.4, -0.2) is 12.4 Å². The van der Waals surface area contributed by atoms with Crippen LogP contribution in [0.2, 0.25) is 0 Å². The van der Waals surface area contributed by atoms with Gasteiger partial charge in [0.25, 0.3) is 0 Å². The number of carbonyl (C=O) groups is 1. The van der Waals surface area contributed by atoms with Gasteiger partial charge in [-0.15, -0.1) is 0 Å². The van der Waals surface area contributed by atoms with Crippen LogP contribution in [0, 0.1) is 5.92 Å². The molecule has 0 heterocycles. The third-order valence-electron chi connectivity index (χ3n) is 3.22. The van der Waals surface area contributed by atoms with Crippen LogP contribution in [0.5, 0.6) is 0 Å². The van der Waals surface area contributed by atoms with E-state index in [2.05, 4.69) is 13.8 Å². The Hall–Kier alpha value is -0.790. The Balaban J connectivity index is 2.28. The molecular formula is C14H24O2. The summed E-state index contributed by atoms with van der Waals surface area (Å²) in [5.74, 6) is 1.78. The fraction of sp³-hybridized carbons (Fsp3) is 0.786. The highest BCUT2D eigenvalue weighted by atomic mass is 16.5. The second-order valence-electron chi connectivity index (χ2n) is 4.66. The van der Waals surface area contributed by atoms with Gasteiger partial charge in [0.1, 0.15) is 0 Å². The number of hydrogen-bond donors (Lipinski definition) is 0. The van der Waals surface area contributed by atoms with Crippen LogP contribution in [0.4, 0.5) is 0 Å². The minimum atomic E-state index is 0.225. The number of carbonyl (C=O) groups excluding carboxylic acids is 1. The molecule has 0 aromatic rings. The highest BCUT2D eigenvalue weighted by Gasteiger charge is 2.13. The number of hydrogen-bond acceptors (Lipinski definition) is 2. The third-order valence-corrected chi connectivity index (χ3v) is 3.22. The fourth-order valence-corrected chi connectivity index (χ4v) is 2.00. The lowest BCUT2D eigenvalue weighted by Gasteiger charge is -2.19. The first-order valence-corrected chi connectivity index (χ1v) is 6.62. The van der Waals surface area contributed by atoms with Crippen molar-refractivity contribution in [2.24, 2.45) is 5.92 Å². The van der Waals surface area contributed by atoms with Crippen molar-refractivity contribution in [3.63, 3.8) is 0 Å². The van der Waals surface area contributed by atoms with Gasteiger partial charge in [0.05, 0.1) is 12.4 Å². The van der Waals surface area contributed by atoms with Gasteiger partial charge in [0.15, 0.2) is 5.78 Å². The summed E-state index contributed by atoms with van der Waals surface area (Å²) in [7, 11) is 0. The standard InChI is InChI=1S/C14H24O2/c1-3-5-7-12(4-2)11-16-14-9-6-8-13(15)10-14/h10,12H,3-9,11H2,1-2H3. The van der Waals surface area contributed by atoms with E-state index in [1.807, 2.05) is 0 Å². The van der Waals surface area contributed by atoms with E-state index in [0.717, 1.165) is 25.2 Å². The van der Waals surface area contributed by atoms with E-state index < -0.39 is 0 Å². The van der Waals surface area contributed by atoms with Crippen LogP contribution in [0.25, 0.3) is 0 Å². The van der Waals surface area contributed by atoms with Gasteiger partial charge in [-0.25, -0.2) is 0 Å². The molecule has 0 aromatic heterocycles. The molecule has 0 N–H and O–H groups in total. The number of rotatable bonds is 7. The molecule has 0 aromatic carbocycles. The quantitative estimate of drug-likeness (QED) is 0.656. The van der Waals surface area contributed by atoms with E-state index in [-0.39, 0.29) is 5.78 Å². The molecule has 0 aliphatic heterocycles. The lowest BCUT2D eigenvalue weighted by Crippen LogP contribution is -2.11. The van der Waals surface area contributed by atoms with Gasteiger partial charge < -0.3 is 4.74 Å². The zero-order valence-electron chi connectivity index (χ0n) is 10.6. The summed E-state index contributed by atoms with van der Waals surface area (Å²) >= 11 is 0. The summed E-state index contributed by atoms with van der Waals surface area (Å²) in [6, 6.07) is 0. The van der Waals surface area contributed by atoms with Crippen molar-refractivity contribution in [3.05, 3.63) is 11.8 Å². The molecule has 16 heavy (non-hydrogen) atoms. The molecule has 0 amide bonds. The number of ether oxygens (including phenoxy) is 1. The van der Waals surface area contributed by atoms with Crippen LogP contribution >= 0.6 is 0 Å². The maximum atomic E-state index is 11.2. The van der Waals surface area contributed by atoms with Gasteiger partial charge in [-0.3, -0.25) is 4.79 Å². The molecule has 0 saturated carbocycles. The van der Waals surface area contributed by atoms with E-state index in [9.17, 15) is 4.79 Å². The van der Waals surface area contributed by atoms with Crippen molar-refractivity contribution in [3.8, 4) is 0 Å². The summed E-state index contributed by atoms with van der Waals surface area (Å²) in [6.07, 6.45) is 9.22. The largest absolute Gasteiger partial charge is 0.498 e. The molecule has 0 spiro atoms. The SMILES string of the molecule is CCCCC(CC)COC1=CC(=O)CCC1. The first-order chi connectivity index (χ1) is 7.76. The predicted molar refractivity (Wildman–Crippen MR) is 66.2 cm³/mol. The molecule has 92 valence electrons. The van der Waals surface area contributed by atoms with Crippen LogP contribution in [0.15, 0.2) is 11.8 Å². The monoisotopic (exact) mass is 224 g/mol. The summed E-state index contributed by atoms with van der Waals surface area (Å²) in [4.78, 5) is 11.2. The Kier molecular flexibility index (Phi) is 6.20. The Morgan fingerprint density at radius 3 is 2.81 bits per heavy atom. The van der Waals surface area contributed by atoms with Crippen LogP contribution in [-0.2, 0) is 9.53 Å². The number of ketones is 1. The summed E-state index contributed by atoms with van der Waals surface area (Å²) in [5, 5.41) is 0. The maximum absolute atomic E-state index is 11.2. The van der Waals surface area contributed by atoms with Crippen molar-refractivity contribution in [1.29, 1.82) is 0 Å². The van der Waals surface area contributed by atoms with E-state index in [0.29, 0.717) is 12.3 Å². The lowest BCUT2D eigenvalue weighted by molar-refractivity contribution is -0.115. The third kappa shape index (κ3) is 4.82. The topological polar surface area (TPSA) is 26.3 Å². The van der Waals surface area contributed by atoms with Crippen molar-refractivity contribution in [2.45, 2.75) is 58.8 Å².